The zero-order valence-corrected chi connectivity index (χ0v) is 7.85. The van der Waals surface area contributed by atoms with Crippen molar-refractivity contribution in [3.05, 3.63) is 33.7 Å². The average Bonchev–Trinajstić information content (AvgIpc) is 2.03. The number of aryl methyl sites for hydroxylation is 1. The Bertz CT molecular complexity index is 312. The molecule has 0 radical (unpaired) electrons. The van der Waals surface area contributed by atoms with E-state index in [1.807, 2.05) is 19.9 Å². The molecule has 0 unspecified atom stereocenters. The molecule has 66 valence electrons. The van der Waals surface area contributed by atoms with E-state index in [2.05, 4.69) is 11.9 Å². The molecule has 0 bridgehead atoms. The Morgan fingerprint density at radius 2 is 2.17 bits per heavy atom. The van der Waals surface area contributed by atoms with Crippen molar-refractivity contribution >= 4 is 0 Å². The summed E-state index contributed by atoms with van der Waals surface area (Å²) in [7, 11) is 0. The van der Waals surface area contributed by atoms with Crippen LogP contribution in [0.1, 0.15) is 37.8 Å². The molecule has 0 saturated carbocycles. The van der Waals surface area contributed by atoms with Gasteiger partial charge in [-0.1, -0.05) is 20.8 Å². The van der Waals surface area contributed by atoms with Crippen LogP contribution >= 0.6 is 0 Å². The number of hydrogen-bond acceptors (Lipinski definition) is 1. The van der Waals surface area contributed by atoms with E-state index in [1.165, 1.54) is 0 Å². The molecule has 0 aliphatic rings. The summed E-state index contributed by atoms with van der Waals surface area (Å²) >= 11 is 0. The Kier molecular flexibility index (Phi) is 2.69. The molecule has 1 heterocycles. The number of H-pyrrole nitrogens is 1. The summed E-state index contributed by atoms with van der Waals surface area (Å²) in [6, 6.07) is 1.98. The van der Waals surface area contributed by atoms with Gasteiger partial charge in [-0.3, -0.25) is 4.79 Å². The SMILES string of the molecule is CCc1cc[nH]c(=O)c1C(C)C. The van der Waals surface area contributed by atoms with Gasteiger partial charge in [0.25, 0.3) is 5.56 Å². The maximum atomic E-state index is 11.4. The maximum Gasteiger partial charge on any atom is 0.251 e. The highest BCUT2D eigenvalue weighted by atomic mass is 16.1. The first-order valence-electron chi connectivity index (χ1n) is 4.37. The van der Waals surface area contributed by atoms with Gasteiger partial charge in [-0.15, -0.1) is 0 Å². The molecule has 2 nitrogen and oxygen atoms in total. The van der Waals surface area contributed by atoms with Crippen LogP contribution in [0, 0.1) is 0 Å². The molecule has 0 aliphatic carbocycles. The minimum atomic E-state index is 0.0596. The predicted molar refractivity (Wildman–Crippen MR) is 50.5 cm³/mol. The molecular formula is C10H15NO. The molecule has 12 heavy (non-hydrogen) atoms. The van der Waals surface area contributed by atoms with Crippen molar-refractivity contribution in [2.24, 2.45) is 0 Å². The number of aromatic nitrogens is 1. The third-order valence-corrected chi connectivity index (χ3v) is 2.05. The highest BCUT2D eigenvalue weighted by molar-refractivity contribution is 5.25. The molecule has 1 aromatic heterocycles. The van der Waals surface area contributed by atoms with Gasteiger partial charge in [0.15, 0.2) is 0 Å². The average molecular weight is 165 g/mol. The quantitative estimate of drug-likeness (QED) is 0.714. The number of hydrogen-bond donors (Lipinski definition) is 1. The highest BCUT2D eigenvalue weighted by Gasteiger charge is 2.08. The fraction of sp³-hybridized carbons (Fsp3) is 0.500. The van der Waals surface area contributed by atoms with Gasteiger partial charge in [-0.2, -0.15) is 0 Å². The Morgan fingerprint density at radius 1 is 1.50 bits per heavy atom. The fourth-order valence-electron chi connectivity index (χ4n) is 1.47. The van der Waals surface area contributed by atoms with Gasteiger partial charge in [-0.05, 0) is 24.0 Å². The third kappa shape index (κ3) is 1.58. The minimum Gasteiger partial charge on any atom is -0.329 e. The van der Waals surface area contributed by atoms with Gasteiger partial charge in [0.1, 0.15) is 0 Å². The van der Waals surface area contributed by atoms with Gasteiger partial charge in [0.2, 0.25) is 0 Å². The predicted octanol–water partition coefficient (Wildman–Crippen LogP) is 2.06. The zero-order valence-electron chi connectivity index (χ0n) is 7.85. The van der Waals surface area contributed by atoms with E-state index in [0.29, 0.717) is 5.92 Å². The largest absolute Gasteiger partial charge is 0.329 e. The van der Waals surface area contributed by atoms with Crippen molar-refractivity contribution in [2.75, 3.05) is 0 Å². The van der Waals surface area contributed by atoms with Crippen molar-refractivity contribution in [3.8, 4) is 0 Å². The summed E-state index contributed by atoms with van der Waals surface area (Å²) in [5.41, 5.74) is 2.15. The standard InChI is InChI=1S/C10H15NO/c1-4-8-5-6-11-10(12)9(8)7(2)3/h5-7H,4H2,1-3H3,(H,11,12). The molecule has 0 amide bonds. The summed E-state index contributed by atoms with van der Waals surface area (Å²) in [5, 5.41) is 0. The van der Waals surface area contributed by atoms with E-state index in [9.17, 15) is 4.79 Å². The second kappa shape index (κ2) is 3.57. The lowest BCUT2D eigenvalue weighted by Gasteiger charge is -2.08. The number of pyridine rings is 1. The van der Waals surface area contributed by atoms with Crippen LogP contribution in [0.15, 0.2) is 17.1 Å². The minimum absolute atomic E-state index is 0.0596. The molecule has 1 aromatic rings. The van der Waals surface area contributed by atoms with E-state index >= 15 is 0 Å². The van der Waals surface area contributed by atoms with Crippen molar-refractivity contribution in [3.63, 3.8) is 0 Å². The lowest BCUT2D eigenvalue weighted by atomic mass is 9.98. The lowest BCUT2D eigenvalue weighted by molar-refractivity contribution is 0.820. The summed E-state index contributed by atoms with van der Waals surface area (Å²) in [4.78, 5) is 14.1. The van der Waals surface area contributed by atoms with E-state index in [0.717, 1.165) is 17.5 Å². The molecule has 2 heteroatoms. The Balaban J connectivity index is 3.30. The summed E-state index contributed by atoms with van der Waals surface area (Å²) in [5.74, 6) is 0.310. The number of rotatable bonds is 2. The van der Waals surface area contributed by atoms with Crippen LogP contribution in [0.25, 0.3) is 0 Å². The third-order valence-electron chi connectivity index (χ3n) is 2.05. The summed E-state index contributed by atoms with van der Waals surface area (Å²) in [6.07, 6.45) is 2.64. The molecule has 0 atom stereocenters. The topological polar surface area (TPSA) is 32.9 Å². The van der Waals surface area contributed by atoms with Crippen LogP contribution in [0.2, 0.25) is 0 Å². The van der Waals surface area contributed by atoms with E-state index in [-0.39, 0.29) is 5.56 Å². The van der Waals surface area contributed by atoms with Crippen LogP contribution in [-0.4, -0.2) is 4.98 Å². The highest BCUT2D eigenvalue weighted by Crippen LogP contribution is 2.14. The Hall–Kier alpha value is -1.05. The van der Waals surface area contributed by atoms with Crippen LogP contribution in [-0.2, 0) is 6.42 Å². The van der Waals surface area contributed by atoms with Gasteiger partial charge in [0, 0.05) is 11.8 Å². The van der Waals surface area contributed by atoms with Crippen molar-refractivity contribution < 1.29 is 0 Å². The smallest absolute Gasteiger partial charge is 0.251 e. The van der Waals surface area contributed by atoms with Crippen molar-refractivity contribution in [1.82, 2.24) is 4.98 Å². The van der Waals surface area contributed by atoms with Gasteiger partial charge in [-0.25, -0.2) is 0 Å². The first kappa shape index (κ1) is 9.04. The van der Waals surface area contributed by atoms with Crippen LogP contribution < -0.4 is 5.56 Å². The molecular weight excluding hydrogens is 150 g/mol. The molecule has 0 spiro atoms. The summed E-state index contributed by atoms with van der Waals surface area (Å²) in [6.45, 7) is 6.16. The van der Waals surface area contributed by atoms with Crippen LogP contribution in [0.3, 0.4) is 0 Å². The number of aromatic amines is 1. The molecule has 0 aromatic carbocycles. The maximum absolute atomic E-state index is 11.4. The van der Waals surface area contributed by atoms with E-state index < -0.39 is 0 Å². The first-order valence-corrected chi connectivity index (χ1v) is 4.37. The van der Waals surface area contributed by atoms with Crippen LogP contribution in [0.4, 0.5) is 0 Å². The first-order chi connectivity index (χ1) is 5.66. The monoisotopic (exact) mass is 165 g/mol. The van der Waals surface area contributed by atoms with Gasteiger partial charge in [0.05, 0.1) is 0 Å². The summed E-state index contributed by atoms with van der Waals surface area (Å²) < 4.78 is 0. The van der Waals surface area contributed by atoms with E-state index in [1.54, 1.807) is 6.20 Å². The molecule has 0 fully saturated rings. The molecule has 1 N–H and O–H groups in total. The molecule has 0 saturated heterocycles. The number of nitrogens with one attached hydrogen (secondary N) is 1. The fourth-order valence-corrected chi connectivity index (χ4v) is 1.47. The second-order valence-corrected chi connectivity index (χ2v) is 3.25. The van der Waals surface area contributed by atoms with Crippen molar-refractivity contribution in [2.45, 2.75) is 33.1 Å². The van der Waals surface area contributed by atoms with Gasteiger partial charge >= 0.3 is 0 Å². The van der Waals surface area contributed by atoms with Crippen molar-refractivity contribution in [1.29, 1.82) is 0 Å². The Morgan fingerprint density at radius 3 is 2.58 bits per heavy atom. The molecule has 1 rings (SSSR count). The molecule has 0 aliphatic heterocycles. The lowest BCUT2D eigenvalue weighted by Crippen LogP contribution is -2.15. The normalized spacial score (nSPS) is 10.7. The van der Waals surface area contributed by atoms with Gasteiger partial charge < -0.3 is 4.98 Å². The Labute approximate surface area is 72.6 Å². The van der Waals surface area contributed by atoms with E-state index in [4.69, 9.17) is 0 Å². The zero-order chi connectivity index (χ0) is 9.14. The van der Waals surface area contributed by atoms with Crippen LogP contribution in [0.5, 0.6) is 0 Å². The second-order valence-electron chi connectivity index (χ2n) is 3.25.